The van der Waals surface area contributed by atoms with Crippen LogP contribution in [0.1, 0.15) is 11.1 Å². The number of ether oxygens (including phenoxy) is 2. The van der Waals surface area contributed by atoms with E-state index < -0.39 is 12.0 Å². The summed E-state index contributed by atoms with van der Waals surface area (Å²) in [5.74, 6) is 0.418. The standard InChI is InChI=1S/C18H21ClN2O4/c1-21(11-13-4-5-14(24-2)9-17(13)25-3)16(18(22)23)8-12-6-7-20-10-15(12)19/h4-7,9-10,16H,8,11H2,1-3H3,(H,22,23). The molecule has 0 saturated carbocycles. The van der Waals surface area contributed by atoms with Crippen LogP contribution >= 0.6 is 11.6 Å². The number of hydrogen-bond acceptors (Lipinski definition) is 5. The normalized spacial score (nSPS) is 12.0. The molecule has 0 aliphatic rings. The molecule has 2 aromatic rings. The molecule has 134 valence electrons. The molecule has 7 heteroatoms. The Bertz CT molecular complexity index is 739. The molecule has 6 nitrogen and oxygen atoms in total. The van der Waals surface area contributed by atoms with Gasteiger partial charge in [0.2, 0.25) is 0 Å². The van der Waals surface area contributed by atoms with Crippen molar-refractivity contribution in [3.05, 3.63) is 52.8 Å². The molecule has 0 amide bonds. The number of benzene rings is 1. The summed E-state index contributed by atoms with van der Waals surface area (Å²) in [6, 6.07) is 6.47. The van der Waals surface area contributed by atoms with Gasteiger partial charge in [0.05, 0.1) is 19.2 Å². The second-order valence-corrected chi connectivity index (χ2v) is 6.03. The lowest BCUT2D eigenvalue weighted by Gasteiger charge is -2.26. The Kier molecular flexibility index (Phi) is 6.61. The van der Waals surface area contributed by atoms with Crippen molar-refractivity contribution in [2.45, 2.75) is 19.0 Å². The van der Waals surface area contributed by atoms with Crippen molar-refractivity contribution in [2.24, 2.45) is 0 Å². The van der Waals surface area contributed by atoms with Crippen LogP contribution in [0.5, 0.6) is 11.5 Å². The zero-order valence-electron chi connectivity index (χ0n) is 14.4. The van der Waals surface area contributed by atoms with Crippen molar-refractivity contribution >= 4 is 17.6 Å². The lowest BCUT2D eigenvalue weighted by atomic mass is 10.0. The number of aromatic nitrogens is 1. The highest BCUT2D eigenvalue weighted by atomic mass is 35.5. The zero-order chi connectivity index (χ0) is 18.4. The fourth-order valence-electron chi connectivity index (χ4n) is 2.57. The number of carboxylic acids is 1. The van der Waals surface area contributed by atoms with Crippen LogP contribution in [0.25, 0.3) is 0 Å². The molecule has 1 heterocycles. The topological polar surface area (TPSA) is 71.9 Å². The fourth-order valence-corrected chi connectivity index (χ4v) is 2.77. The van der Waals surface area contributed by atoms with Gasteiger partial charge in [-0.15, -0.1) is 0 Å². The number of carboxylic acid groups (broad SMARTS) is 1. The zero-order valence-corrected chi connectivity index (χ0v) is 15.2. The van der Waals surface area contributed by atoms with Gasteiger partial charge in [-0.05, 0) is 24.7 Å². The molecule has 1 unspecified atom stereocenters. The number of likely N-dealkylation sites (N-methyl/N-ethyl adjacent to an activating group) is 1. The summed E-state index contributed by atoms with van der Waals surface area (Å²) in [4.78, 5) is 17.4. The van der Waals surface area contributed by atoms with E-state index in [1.165, 1.54) is 6.20 Å². The van der Waals surface area contributed by atoms with Crippen molar-refractivity contribution < 1.29 is 19.4 Å². The Hall–Kier alpha value is -2.31. The van der Waals surface area contributed by atoms with Crippen LogP contribution in [0.15, 0.2) is 36.7 Å². The maximum Gasteiger partial charge on any atom is 0.321 e. The van der Waals surface area contributed by atoms with Crippen molar-refractivity contribution in [3.63, 3.8) is 0 Å². The number of methoxy groups -OCH3 is 2. The highest BCUT2D eigenvalue weighted by Crippen LogP contribution is 2.26. The minimum absolute atomic E-state index is 0.283. The number of nitrogens with zero attached hydrogens (tertiary/aromatic N) is 2. The Balaban J connectivity index is 2.20. The van der Waals surface area contributed by atoms with Gasteiger partial charge in [0.15, 0.2) is 0 Å². The molecule has 1 aromatic carbocycles. The van der Waals surface area contributed by atoms with E-state index in [0.29, 0.717) is 23.1 Å². The largest absolute Gasteiger partial charge is 0.497 e. The van der Waals surface area contributed by atoms with Gasteiger partial charge in [-0.3, -0.25) is 14.7 Å². The predicted octanol–water partition coefficient (Wildman–Crippen LogP) is 2.88. The van der Waals surface area contributed by atoms with Gasteiger partial charge < -0.3 is 14.6 Å². The quantitative estimate of drug-likeness (QED) is 0.776. The Morgan fingerprint density at radius 3 is 2.64 bits per heavy atom. The number of pyridine rings is 1. The van der Waals surface area contributed by atoms with E-state index in [1.54, 1.807) is 44.5 Å². The van der Waals surface area contributed by atoms with Crippen LogP contribution in [-0.4, -0.2) is 48.3 Å². The van der Waals surface area contributed by atoms with Crippen LogP contribution in [-0.2, 0) is 17.8 Å². The highest BCUT2D eigenvalue weighted by molar-refractivity contribution is 6.31. The first kappa shape index (κ1) is 19.0. The predicted molar refractivity (Wildman–Crippen MR) is 95.4 cm³/mol. The highest BCUT2D eigenvalue weighted by Gasteiger charge is 2.25. The minimum Gasteiger partial charge on any atom is -0.497 e. The number of rotatable bonds is 8. The van der Waals surface area contributed by atoms with Crippen molar-refractivity contribution in [2.75, 3.05) is 21.3 Å². The van der Waals surface area contributed by atoms with E-state index in [1.807, 2.05) is 12.1 Å². The van der Waals surface area contributed by atoms with E-state index in [2.05, 4.69) is 4.98 Å². The van der Waals surface area contributed by atoms with Crippen LogP contribution in [0.3, 0.4) is 0 Å². The lowest BCUT2D eigenvalue weighted by molar-refractivity contribution is -0.142. The van der Waals surface area contributed by atoms with Gasteiger partial charge in [-0.1, -0.05) is 17.7 Å². The molecule has 2 rings (SSSR count). The molecule has 0 bridgehead atoms. The minimum atomic E-state index is -0.914. The first-order chi connectivity index (χ1) is 12.0. The molecule has 0 spiro atoms. The maximum absolute atomic E-state index is 11.8. The first-order valence-corrected chi connectivity index (χ1v) is 8.06. The lowest BCUT2D eigenvalue weighted by Crippen LogP contribution is -2.39. The smallest absolute Gasteiger partial charge is 0.321 e. The van der Waals surface area contributed by atoms with Crippen LogP contribution in [0, 0.1) is 0 Å². The van der Waals surface area contributed by atoms with Gasteiger partial charge in [-0.25, -0.2) is 0 Å². The maximum atomic E-state index is 11.8. The molecule has 0 radical (unpaired) electrons. The monoisotopic (exact) mass is 364 g/mol. The molecule has 25 heavy (non-hydrogen) atoms. The number of hydrogen-bond donors (Lipinski definition) is 1. The third kappa shape index (κ3) is 4.84. The van der Waals surface area contributed by atoms with E-state index in [-0.39, 0.29) is 6.42 Å². The average molecular weight is 365 g/mol. The van der Waals surface area contributed by atoms with Crippen molar-refractivity contribution in [3.8, 4) is 11.5 Å². The molecular formula is C18H21ClN2O4. The summed E-state index contributed by atoms with van der Waals surface area (Å²) in [6.45, 7) is 0.410. The van der Waals surface area contributed by atoms with Crippen LogP contribution in [0.4, 0.5) is 0 Å². The third-order valence-corrected chi connectivity index (χ3v) is 4.34. The van der Waals surface area contributed by atoms with Crippen molar-refractivity contribution in [1.29, 1.82) is 0 Å². The first-order valence-electron chi connectivity index (χ1n) is 7.68. The molecule has 0 fully saturated rings. The Labute approximate surface area is 152 Å². The van der Waals surface area contributed by atoms with Gasteiger partial charge >= 0.3 is 5.97 Å². The van der Waals surface area contributed by atoms with E-state index in [0.717, 1.165) is 11.1 Å². The SMILES string of the molecule is COc1ccc(CN(C)C(Cc2ccncc2Cl)C(=O)O)c(OC)c1. The summed E-state index contributed by atoms with van der Waals surface area (Å²) < 4.78 is 10.6. The van der Waals surface area contributed by atoms with E-state index in [9.17, 15) is 9.90 Å². The molecular weight excluding hydrogens is 344 g/mol. The fraction of sp³-hybridized carbons (Fsp3) is 0.333. The van der Waals surface area contributed by atoms with Crippen LogP contribution < -0.4 is 9.47 Å². The van der Waals surface area contributed by atoms with Gasteiger partial charge in [0.1, 0.15) is 17.5 Å². The molecule has 0 aliphatic carbocycles. The van der Waals surface area contributed by atoms with Gasteiger partial charge in [0, 0.05) is 37.0 Å². The molecule has 1 atom stereocenters. The summed E-state index contributed by atoms with van der Waals surface area (Å²) in [7, 11) is 4.92. The number of halogens is 1. The van der Waals surface area contributed by atoms with Crippen LogP contribution in [0.2, 0.25) is 5.02 Å². The summed E-state index contributed by atoms with van der Waals surface area (Å²) in [5, 5.41) is 10.1. The molecule has 0 aliphatic heterocycles. The molecule has 1 N–H and O–H groups in total. The Morgan fingerprint density at radius 2 is 2.04 bits per heavy atom. The van der Waals surface area contributed by atoms with Crippen molar-refractivity contribution in [1.82, 2.24) is 9.88 Å². The van der Waals surface area contributed by atoms with Gasteiger partial charge in [-0.2, -0.15) is 0 Å². The molecule has 1 aromatic heterocycles. The van der Waals surface area contributed by atoms with E-state index >= 15 is 0 Å². The summed E-state index contributed by atoms with van der Waals surface area (Å²) in [5.41, 5.74) is 1.62. The number of aliphatic carboxylic acids is 1. The second-order valence-electron chi connectivity index (χ2n) is 5.62. The van der Waals surface area contributed by atoms with Gasteiger partial charge in [0.25, 0.3) is 0 Å². The Morgan fingerprint density at radius 1 is 1.28 bits per heavy atom. The summed E-state index contributed by atoms with van der Waals surface area (Å²) >= 11 is 6.11. The summed E-state index contributed by atoms with van der Waals surface area (Å²) in [6.07, 6.45) is 3.40. The number of carbonyl (C=O) groups is 1. The second kappa shape index (κ2) is 8.69. The van der Waals surface area contributed by atoms with E-state index in [4.69, 9.17) is 21.1 Å². The molecule has 0 saturated heterocycles. The average Bonchev–Trinajstić information content (AvgIpc) is 2.60. The third-order valence-electron chi connectivity index (χ3n) is 4.00.